The highest BCUT2D eigenvalue weighted by atomic mass is 35.5. The molecule has 2 heterocycles. The largest absolute Gasteiger partial charge is 0.461 e. The van der Waals surface area contributed by atoms with Crippen molar-refractivity contribution in [1.82, 2.24) is 9.88 Å². The van der Waals surface area contributed by atoms with Crippen LogP contribution in [0.3, 0.4) is 0 Å². The maximum atomic E-state index is 12.5. The zero-order valence-corrected chi connectivity index (χ0v) is 16.2. The molecule has 29 heavy (non-hydrogen) atoms. The van der Waals surface area contributed by atoms with Crippen LogP contribution >= 0.6 is 11.6 Å². The van der Waals surface area contributed by atoms with Gasteiger partial charge in [-0.15, -0.1) is 0 Å². The second-order valence-corrected chi connectivity index (χ2v) is 7.08. The third-order valence-electron chi connectivity index (χ3n) is 4.81. The average Bonchev–Trinajstić information content (AvgIpc) is 2.72. The van der Waals surface area contributed by atoms with Crippen LogP contribution in [0.5, 0.6) is 0 Å². The number of benzene rings is 2. The van der Waals surface area contributed by atoms with E-state index in [9.17, 15) is 14.4 Å². The number of fused-ring (bicyclic) bond motifs is 2. The fraction of sp³-hybridized carbons (Fsp3) is 0.182. The van der Waals surface area contributed by atoms with Crippen molar-refractivity contribution in [3.63, 3.8) is 0 Å². The van der Waals surface area contributed by atoms with E-state index in [0.29, 0.717) is 16.7 Å². The van der Waals surface area contributed by atoms with Crippen molar-refractivity contribution in [2.24, 2.45) is 0 Å². The van der Waals surface area contributed by atoms with Crippen LogP contribution in [0.2, 0.25) is 5.15 Å². The van der Waals surface area contributed by atoms with Gasteiger partial charge < -0.3 is 4.74 Å². The minimum atomic E-state index is -0.520. The number of esters is 1. The van der Waals surface area contributed by atoms with Crippen molar-refractivity contribution in [1.29, 1.82) is 0 Å². The molecule has 1 aromatic heterocycles. The smallest absolute Gasteiger partial charge is 0.307 e. The summed E-state index contributed by atoms with van der Waals surface area (Å²) in [6, 6.07) is 16.3. The van der Waals surface area contributed by atoms with Crippen molar-refractivity contribution in [2.45, 2.75) is 19.4 Å². The average molecular weight is 409 g/mol. The van der Waals surface area contributed by atoms with Crippen molar-refractivity contribution < 1.29 is 19.1 Å². The molecule has 0 saturated heterocycles. The zero-order valence-electron chi connectivity index (χ0n) is 15.4. The highest BCUT2D eigenvalue weighted by Crippen LogP contribution is 2.22. The van der Waals surface area contributed by atoms with Gasteiger partial charge in [-0.25, -0.2) is 4.98 Å². The molecule has 146 valence electrons. The lowest BCUT2D eigenvalue weighted by Crippen LogP contribution is -2.43. The Kier molecular flexibility index (Phi) is 5.27. The summed E-state index contributed by atoms with van der Waals surface area (Å²) >= 11 is 6.17. The fourth-order valence-electron chi connectivity index (χ4n) is 3.30. The zero-order chi connectivity index (χ0) is 20.4. The molecule has 0 atom stereocenters. The van der Waals surface area contributed by atoms with Gasteiger partial charge in [0.2, 0.25) is 5.91 Å². The van der Waals surface area contributed by atoms with Gasteiger partial charge in [-0.1, -0.05) is 48.0 Å². The number of ether oxygens (including phenoxy) is 1. The lowest BCUT2D eigenvalue weighted by molar-refractivity contribution is -0.145. The van der Waals surface area contributed by atoms with Crippen LogP contribution in [0.25, 0.3) is 10.9 Å². The quantitative estimate of drug-likeness (QED) is 0.366. The van der Waals surface area contributed by atoms with E-state index >= 15 is 0 Å². The minimum absolute atomic E-state index is 0.0193. The number of nitrogens with zero attached hydrogens (tertiary/aromatic N) is 2. The van der Waals surface area contributed by atoms with Gasteiger partial charge in [0.25, 0.3) is 5.91 Å². The topological polar surface area (TPSA) is 76.6 Å². The summed E-state index contributed by atoms with van der Waals surface area (Å²) in [6.45, 7) is -0.0469. The van der Waals surface area contributed by atoms with Gasteiger partial charge >= 0.3 is 5.97 Å². The molecule has 3 aromatic rings. The number of carbonyl (C=O) groups is 3. The molecule has 0 radical (unpaired) electrons. The lowest BCUT2D eigenvalue weighted by atomic mass is 9.98. The monoisotopic (exact) mass is 408 g/mol. The first-order valence-corrected chi connectivity index (χ1v) is 9.53. The molecule has 0 aliphatic carbocycles. The van der Waals surface area contributed by atoms with Crippen LogP contribution in [0, 0.1) is 0 Å². The van der Waals surface area contributed by atoms with Crippen LogP contribution in [-0.4, -0.2) is 34.2 Å². The standard InChI is InChI=1S/C22H17ClN2O4/c23-21-16(11-15-6-2-4-8-18(15)24-21)13-29-20(27)9-10-25-19(26)12-14-5-1-3-7-17(14)22(25)28/h1-8,11H,9-10,12-13H2. The first-order valence-electron chi connectivity index (χ1n) is 9.15. The second kappa shape index (κ2) is 8.01. The predicted molar refractivity (Wildman–Crippen MR) is 107 cm³/mol. The minimum Gasteiger partial charge on any atom is -0.461 e. The summed E-state index contributed by atoms with van der Waals surface area (Å²) in [5.41, 5.74) is 2.56. The summed E-state index contributed by atoms with van der Waals surface area (Å²) < 4.78 is 5.28. The van der Waals surface area contributed by atoms with Gasteiger partial charge in [0, 0.05) is 23.1 Å². The summed E-state index contributed by atoms with van der Waals surface area (Å²) in [7, 11) is 0. The number of rotatable bonds is 5. The molecule has 2 aromatic carbocycles. The van der Waals surface area contributed by atoms with E-state index in [1.165, 1.54) is 0 Å². The molecule has 2 amide bonds. The van der Waals surface area contributed by atoms with E-state index in [-0.39, 0.29) is 43.0 Å². The van der Waals surface area contributed by atoms with E-state index in [2.05, 4.69) is 4.98 Å². The van der Waals surface area contributed by atoms with E-state index < -0.39 is 5.97 Å². The van der Waals surface area contributed by atoms with E-state index in [1.807, 2.05) is 30.3 Å². The number of amides is 2. The first-order chi connectivity index (χ1) is 14.0. The molecule has 7 heteroatoms. The van der Waals surface area contributed by atoms with E-state index in [4.69, 9.17) is 16.3 Å². The van der Waals surface area contributed by atoms with Gasteiger partial charge in [0.1, 0.15) is 11.8 Å². The number of hydrogen-bond acceptors (Lipinski definition) is 5. The SMILES string of the molecule is O=C(CCN1C(=O)Cc2ccccc2C1=O)OCc1cc2ccccc2nc1Cl. The summed E-state index contributed by atoms with van der Waals surface area (Å²) in [4.78, 5) is 42.3. The molecular weight excluding hydrogens is 392 g/mol. The molecule has 4 rings (SSSR count). The van der Waals surface area contributed by atoms with Gasteiger partial charge in [-0.3, -0.25) is 19.3 Å². The van der Waals surface area contributed by atoms with Gasteiger partial charge in [-0.05, 0) is 23.8 Å². The van der Waals surface area contributed by atoms with Crippen LogP contribution < -0.4 is 0 Å². The normalized spacial score (nSPS) is 13.5. The predicted octanol–water partition coefficient (Wildman–Crippen LogP) is 3.55. The van der Waals surface area contributed by atoms with E-state index in [1.54, 1.807) is 24.3 Å². The lowest BCUT2D eigenvalue weighted by Gasteiger charge is -2.26. The summed E-state index contributed by atoms with van der Waals surface area (Å²) in [6.07, 6.45) is 0.0631. The Balaban J connectivity index is 1.37. The second-order valence-electron chi connectivity index (χ2n) is 6.73. The molecule has 6 nitrogen and oxygen atoms in total. The molecule has 0 unspecified atom stereocenters. The van der Waals surface area contributed by atoms with Crippen molar-refractivity contribution in [3.8, 4) is 0 Å². The number of pyridine rings is 1. The molecule has 0 saturated carbocycles. The third-order valence-corrected chi connectivity index (χ3v) is 5.14. The molecular formula is C22H17ClN2O4. The number of imide groups is 1. The maximum absolute atomic E-state index is 12.5. The number of halogens is 1. The Labute approximate surface area is 172 Å². The molecule has 1 aliphatic rings. The maximum Gasteiger partial charge on any atom is 0.307 e. The Hall–Kier alpha value is -3.25. The molecule has 0 N–H and O–H groups in total. The van der Waals surface area contributed by atoms with E-state index in [0.717, 1.165) is 15.8 Å². The fourth-order valence-corrected chi connectivity index (χ4v) is 3.50. The van der Waals surface area contributed by atoms with Crippen LogP contribution in [0.15, 0.2) is 54.6 Å². The van der Waals surface area contributed by atoms with Gasteiger partial charge in [-0.2, -0.15) is 0 Å². The van der Waals surface area contributed by atoms with Crippen molar-refractivity contribution in [2.75, 3.05) is 6.54 Å². The molecule has 0 spiro atoms. The van der Waals surface area contributed by atoms with Crippen molar-refractivity contribution in [3.05, 3.63) is 76.4 Å². The molecule has 0 fully saturated rings. The molecule has 0 bridgehead atoms. The van der Waals surface area contributed by atoms with Gasteiger partial charge in [0.05, 0.1) is 18.4 Å². The van der Waals surface area contributed by atoms with Crippen LogP contribution in [0.1, 0.15) is 27.9 Å². The Morgan fingerprint density at radius 3 is 2.72 bits per heavy atom. The number of aromatic nitrogens is 1. The number of hydrogen-bond donors (Lipinski definition) is 0. The molecule has 1 aliphatic heterocycles. The third kappa shape index (κ3) is 3.98. The van der Waals surface area contributed by atoms with Gasteiger partial charge in [0.15, 0.2) is 0 Å². The number of carbonyl (C=O) groups excluding carboxylic acids is 3. The highest BCUT2D eigenvalue weighted by molar-refractivity contribution is 6.30. The van der Waals surface area contributed by atoms with Crippen LogP contribution in [-0.2, 0) is 27.4 Å². The summed E-state index contributed by atoms with van der Waals surface area (Å²) in [5, 5.41) is 1.17. The highest BCUT2D eigenvalue weighted by Gasteiger charge is 2.30. The van der Waals surface area contributed by atoms with Crippen LogP contribution in [0.4, 0.5) is 0 Å². The summed E-state index contributed by atoms with van der Waals surface area (Å²) in [5.74, 6) is -1.22. The Morgan fingerprint density at radius 1 is 1.10 bits per heavy atom. The Morgan fingerprint density at radius 2 is 1.86 bits per heavy atom. The first kappa shape index (κ1) is 19.1. The Bertz CT molecular complexity index is 1130. The number of para-hydroxylation sites is 1. The van der Waals surface area contributed by atoms with Crippen molar-refractivity contribution >= 4 is 40.3 Å².